The lowest BCUT2D eigenvalue weighted by molar-refractivity contribution is -0.132. The minimum Gasteiger partial charge on any atom is -0.336 e. The second-order valence-electron chi connectivity index (χ2n) is 4.55. The summed E-state index contributed by atoms with van der Waals surface area (Å²) in [7, 11) is 0. The lowest BCUT2D eigenvalue weighted by Gasteiger charge is -2.25. The van der Waals surface area contributed by atoms with E-state index in [1.165, 1.54) is 5.56 Å². The van der Waals surface area contributed by atoms with E-state index in [0.717, 1.165) is 30.3 Å². The van der Waals surface area contributed by atoms with Gasteiger partial charge in [0.2, 0.25) is 5.91 Å². The summed E-state index contributed by atoms with van der Waals surface area (Å²) in [6, 6.07) is 8.60. The highest BCUT2D eigenvalue weighted by Crippen LogP contribution is 2.33. The van der Waals surface area contributed by atoms with Crippen LogP contribution in [0.4, 0.5) is 0 Å². The van der Waals surface area contributed by atoms with Crippen molar-refractivity contribution in [3.63, 3.8) is 0 Å². The molecule has 0 aromatic heterocycles. The number of nitrogens with zero attached hydrogens (tertiary/aromatic N) is 1. The predicted octanol–water partition coefficient (Wildman–Crippen LogP) is 3.91. The molecule has 2 rings (SSSR count). The van der Waals surface area contributed by atoms with Crippen molar-refractivity contribution in [2.24, 2.45) is 0 Å². The van der Waals surface area contributed by atoms with Crippen molar-refractivity contribution in [1.82, 2.24) is 4.90 Å². The van der Waals surface area contributed by atoms with E-state index < -0.39 is 0 Å². The molecule has 1 amide bonds. The summed E-state index contributed by atoms with van der Waals surface area (Å²) in [5, 5.41) is 0. The zero-order valence-corrected chi connectivity index (χ0v) is 11.7. The van der Waals surface area contributed by atoms with Gasteiger partial charge in [-0.15, -0.1) is 0 Å². The zero-order valence-electron chi connectivity index (χ0n) is 10.2. The van der Waals surface area contributed by atoms with Crippen molar-refractivity contribution in [3.05, 3.63) is 34.3 Å². The number of amides is 1. The average molecular weight is 296 g/mol. The van der Waals surface area contributed by atoms with Crippen LogP contribution in [0.15, 0.2) is 28.7 Å². The Hall–Kier alpha value is -0.830. The van der Waals surface area contributed by atoms with Crippen molar-refractivity contribution >= 4 is 21.8 Å². The molecular formula is C14H18BrNO. The molecule has 0 radical (unpaired) electrons. The predicted molar refractivity (Wildman–Crippen MR) is 72.7 cm³/mol. The summed E-state index contributed by atoms with van der Waals surface area (Å²) in [5.41, 5.74) is 1.25. The van der Waals surface area contributed by atoms with Crippen LogP contribution in [0.5, 0.6) is 0 Å². The van der Waals surface area contributed by atoms with Crippen LogP contribution in [-0.2, 0) is 4.79 Å². The molecule has 0 bridgehead atoms. The van der Waals surface area contributed by atoms with Crippen LogP contribution in [0.1, 0.15) is 44.2 Å². The molecule has 17 heavy (non-hydrogen) atoms. The second-order valence-corrected chi connectivity index (χ2v) is 5.47. The number of carbonyl (C=O) groups excluding carboxylic acids is 1. The first-order valence-corrected chi connectivity index (χ1v) is 7.06. The molecule has 1 heterocycles. The minimum atomic E-state index is 0.284. The molecule has 1 fully saturated rings. The summed E-state index contributed by atoms with van der Waals surface area (Å²) in [4.78, 5) is 14.1. The number of hydrogen-bond donors (Lipinski definition) is 0. The van der Waals surface area contributed by atoms with Crippen LogP contribution in [0.3, 0.4) is 0 Å². The highest BCUT2D eigenvalue weighted by atomic mass is 79.9. The van der Waals surface area contributed by atoms with Gasteiger partial charge in [0, 0.05) is 17.4 Å². The maximum absolute atomic E-state index is 12.0. The fourth-order valence-electron chi connectivity index (χ4n) is 2.48. The third kappa shape index (κ3) is 2.89. The van der Waals surface area contributed by atoms with Gasteiger partial charge in [-0.25, -0.2) is 0 Å². The summed E-state index contributed by atoms with van der Waals surface area (Å²) in [6.07, 6.45) is 3.81. The van der Waals surface area contributed by atoms with Crippen molar-refractivity contribution in [2.75, 3.05) is 6.54 Å². The second kappa shape index (κ2) is 5.67. The fourth-order valence-corrected chi connectivity index (χ4v) is 2.90. The number of carbonyl (C=O) groups is 1. The lowest BCUT2D eigenvalue weighted by atomic mass is 10.0. The number of halogens is 1. The summed E-state index contributed by atoms with van der Waals surface area (Å²) >= 11 is 3.49. The maximum atomic E-state index is 12.0. The van der Waals surface area contributed by atoms with Gasteiger partial charge in [0.1, 0.15) is 0 Å². The number of rotatable bonds is 3. The molecule has 0 N–H and O–H groups in total. The van der Waals surface area contributed by atoms with E-state index in [0.29, 0.717) is 12.3 Å². The highest BCUT2D eigenvalue weighted by Gasteiger charge is 2.29. The Balaban J connectivity index is 2.17. The molecule has 1 unspecified atom stereocenters. The van der Waals surface area contributed by atoms with Gasteiger partial charge in [0.15, 0.2) is 0 Å². The summed E-state index contributed by atoms with van der Waals surface area (Å²) in [6.45, 7) is 2.97. The van der Waals surface area contributed by atoms with Gasteiger partial charge >= 0.3 is 0 Å². The molecular weight excluding hydrogens is 278 g/mol. The van der Waals surface area contributed by atoms with E-state index in [2.05, 4.69) is 35.0 Å². The molecule has 92 valence electrons. The Morgan fingerprint density at radius 2 is 2.35 bits per heavy atom. The van der Waals surface area contributed by atoms with E-state index >= 15 is 0 Å². The molecule has 1 aliphatic heterocycles. The van der Waals surface area contributed by atoms with Crippen LogP contribution in [0.2, 0.25) is 0 Å². The fraction of sp³-hybridized carbons (Fsp3) is 0.500. The lowest BCUT2D eigenvalue weighted by Crippen LogP contribution is -2.30. The maximum Gasteiger partial charge on any atom is 0.223 e. The normalized spacial score (nSPS) is 19.6. The standard InChI is InChI=1S/C14H18BrNO/c1-2-5-14(17)16-9-4-8-13(16)11-6-3-7-12(15)10-11/h3,6-7,10,13H,2,4-5,8-9H2,1H3. The van der Waals surface area contributed by atoms with E-state index in [4.69, 9.17) is 0 Å². The summed E-state index contributed by atoms with van der Waals surface area (Å²) in [5.74, 6) is 0.301. The third-order valence-corrected chi connectivity index (χ3v) is 3.76. The van der Waals surface area contributed by atoms with Crippen LogP contribution in [-0.4, -0.2) is 17.4 Å². The Kier molecular flexibility index (Phi) is 4.21. The van der Waals surface area contributed by atoms with Gasteiger partial charge in [0.25, 0.3) is 0 Å². The number of likely N-dealkylation sites (tertiary alicyclic amines) is 1. The van der Waals surface area contributed by atoms with Crippen LogP contribution in [0, 0.1) is 0 Å². The zero-order chi connectivity index (χ0) is 12.3. The molecule has 1 aromatic carbocycles. The van der Waals surface area contributed by atoms with E-state index in [9.17, 15) is 4.79 Å². The van der Waals surface area contributed by atoms with E-state index in [1.54, 1.807) is 0 Å². The van der Waals surface area contributed by atoms with Gasteiger partial charge in [-0.05, 0) is 37.0 Å². The smallest absolute Gasteiger partial charge is 0.223 e. The Bertz CT molecular complexity index is 405. The molecule has 2 nitrogen and oxygen atoms in total. The largest absolute Gasteiger partial charge is 0.336 e. The van der Waals surface area contributed by atoms with Crippen molar-refractivity contribution in [3.8, 4) is 0 Å². The van der Waals surface area contributed by atoms with E-state index in [-0.39, 0.29) is 6.04 Å². The Morgan fingerprint density at radius 1 is 1.53 bits per heavy atom. The SMILES string of the molecule is CCCC(=O)N1CCCC1c1cccc(Br)c1. The molecule has 1 aromatic rings. The van der Waals surface area contributed by atoms with Crippen molar-refractivity contribution in [1.29, 1.82) is 0 Å². The van der Waals surface area contributed by atoms with Crippen molar-refractivity contribution in [2.45, 2.75) is 38.6 Å². The minimum absolute atomic E-state index is 0.284. The highest BCUT2D eigenvalue weighted by molar-refractivity contribution is 9.10. The summed E-state index contributed by atoms with van der Waals surface area (Å²) < 4.78 is 1.09. The first-order chi connectivity index (χ1) is 8.22. The molecule has 1 aliphatic rings. The molecule has 3 heteroatoms. The van der Waals surface area contributed by atoms with Crippen molar-refractivity contribution < 1.29 is 4.79 Å². The molecule has 0 saturated carbocycles. The van der Waals surface area contributed by atoms with Gasteiger partial charge < -0.3 is 4.90 Å². The first kappa shape index (κ1) is 12.6. The van der Waals surface area contributed by atoms with Gasteiger partial charge in [-0.2, -0.15) is 0 Å². The van der Waals surface area contributed by atoms with Crippen LogP contribution < -0.4 is 0 Å². The van der Waals surface area contributed by atoms with Crippen LogP contribution in [0.25, 0.3) is 0 Å². The first-order valence-electron chi connectivity index (χ1n) is 6.27. The van der Waals surface area contributed by atoms with Crippen LogP contribution >= 0.6 is 15.9 Å². The molecule has 0 aliphatic carbocycles. The number of benzene rings is 1. The quantitative estimate of drug-likeness (QED) is 0.828. The monoisotopic (exact) mass is 295 g/mol. The number of hydrogen-bond acceptors (Lipinski definition) is 1. The molecule has 1 saturated heterocycles. The Morgan fingerprint density at radius 3 is 3.06 bits per heavy atom. The molecule has 0 spiro atoms. The van der Waals surface area contributed by atoms with Gasteiger partial charge in [0.05, 0.1) is 6.04 Å². The Labute approximate surface area is 111 Å². The van der Waals surface area contributed by atoms with E-state index in [1.807, 2.05) is 17.0 Å². The molecule has 1 atom stereocenters. The average Bonchev–Trinajstić information content (AvgIpc) is 2.78. The third-order valence-electron chi connectivity index (χ3n) is 3.27. The van der Waals surface area contributed by atoms with Gasteiger partial charge in [-0.3, -0.25) is 4.79 Å². The topological polar surface area (TPSA) is 20.3 Å². The van der Waals surface area contributed by atoms with Gasteiger partial charge in [-0.1, -0.05) is 35.0 Å².